The molecule has 0 spiro atoms. The number of aryl methyl sites for hydroxylation is 1. The summed E-state index contributed by atoms with van der Waals surface area (Å²) in [6, 6.07) is 7.73. The van der Waals surface area contributed by atoms with Gasteiger partial charge in [0.25, 0.3) is 0 Å². The first-order valence-electron chi connectivity index (χ1n) is 5.55. The number of carbonyl (C=O) groups excluding carboxylic acids is 2. The van der Waals surface area contributed by atoms with Gasteiger partial charge >= 0.3 is 5.97 Å². The van der Waals surface area contributed by atoms with Gasteiger partial charge in [0.05, 0.1) is 6.61 Å². The Kier molecular flexibility index (Phi) is 5.14. The highest BCUT2D eigenvalue weighted by Crippen LogP contribution is 2.09. The maximum atomic E-state index is 11.4. The number of rotatable bonds is 5. The van der Waals surface area contributed by atoms with E-state index < -0.39 is 5.97 Å². The summed E-state index contributed by atoms with van der Waals surface area (Å²) >= 11 is 0. The lowest BCUT2D eigenvalue weighted by Crippen LogP contribution is -2.09. The summed E-state index contributed by atoms with van der Waals surface area (Å²) < 4.78 is 4.69. The third kappa shape index (κ3) is 4.64. The van der Waals surface area contributed by atoms with Gasteiger partial charge in [-0.3, -0.25) is 9.59 Å². The Morgan fingerprint density at radius 2 is 2.00 bits per heavy atom. The van der Waals surface area contributed by atoms with E-state index in [9.17, 15) is 9.59 Å². The average molecular weight is 232 g/mol. The van der Waals surface area contributed by atoms with E-state index in [-0.39, 0.29) is 12.2 Å². The molecular formula is C14H16O3. The van der Waals surface area contributed by atoms with E-state index in [0.717, 1.165) is 11.1 Å². The van der Waals surface area contributed by atoms with Crippen LogP contribution in [0.2, 0.25) is 0 Å². The highest BCUT2D eigenvalue weighted by Gasteiger charge is 2.06. The minimum atomic E-state index is -0.480. The predicted molar refractivity (Wildman–Crippen MR) is 66.5 cm³/mol. The molecule has 3 heteroatoms. The van der Waals surface area contributed by atoms with Crippen molar-refractivity contribution in [2.75, 3.05) is 6.61 Å². The summed E-state index contributed by atoms with van der Waals surface area (Å²) in [6.45, 7) is 3.98. The zero-order valence-corrected chi connectivity index (χ0v) is 10.1. The first-order valence-corrected chi connectivity index (χ1v) is 5.55. The minimum Gasteiger partial charge on any atom is -0.466 e. The minimum absolute atomic E-state index is 0.198. The van der Waals surface area contributed by atoms with Crippen molar-refractivity contribution in [3.05, 3.63) is 41.5 Å². The second-order valence-corrected chi connectivity index (χ2v) is 3.64. The van der Waals surface area contributed by atoms with Crippen molar-refractivity contribution < 1.29 is 14.3 Å². The molecule has 1 rings (SSSR count). The van der Waals surface area contributed by atoms with E-state index in [4.69, 9.17) is 4.74 Å². The Bertz CT molecular complexity index is 433. The van der Waals surface area contributed by atoms with Crippen LogP contribution in [0.4, 0.5) is 0 Å². The number of allylic oxidation sites excluding steroid dienone is 1. The number of carbonyl (C=O) groups is 2. The van der Waals surface area contributed by atoms with Crippen LogP contribution in [0.15, 0.2) is 30.3 Å². The summed E-state index contributed by atoms with van der Waals surface area (Å²) in [5, 5.41) is 0. The zero-order valence-electron chi connectivity index (χ0n) is 10.1. The highest BCUT2D eigenvalue weighted by atomic mass is 16.5. The molecule has 0 radical (unpaired) electrons. The fourth-order valence-electron chi connectivity index (χ4n) is 1.37. The molecule has 0 amide bonds. The lowest BCUT2D eigenvalue weighted by Gasteiger charge is -1.99. The van der Waals surface area contributed by atoms with Crippen molar-refractivity contribution >= 4 is 17.8 Å². The summed E-state index contributed by atoms with van der Waals surface area (Å²) in [4.78, 5) is 22.5. The van der Waals surface area contributed by atoms with E-state index >= 15 is 0 Å². The van der Waals surface area contributed by atoms with Crippen LogP contribution in [0.25, 0.3) is 6.08 Å². The van der Waals surface area contributed by atoms with Crippen molar-refractivity contribution in [3.63, 3.8) is 0 Å². The molecule has 0 saturated heterocycles. The monoisotopic (exact) mass is 232 g/mol. The van der Waals surface area contributed by atoms with Gasteiger partial charge < -0.3 is 4.74 Å². The molecule has 90 valence electrons. The standard InChI is InChI=1S/C14H16O3/c1-3-17-14(16)10-13(15)9-8-12-7-5-4-6-11(12)2/h4-9H,3,10H2,1-2H3. The summed E-state index contributed by atoms with van der Waals surface area (Å²) in [6.07, 6.45) is 2.94. The lowest BCUT2D eigenvalue weighted by atomic mass is 10.1. The van der Waals surface area contributed by atoms with Crippen LogP contribution in [-0.2, 0) is 14.3 Å². The van der Waals surface area contributed by atoms with Gasteiger partial charge in [0, 0.05) is 0 Å². The molecular weight excluding hydrogens is 216 g/mol. The molecule has 0 fully saturated rings. The molecule has 0 bridgehead atoms. The van der Waals surface area contributed by atoms with Gasteiger partial charge in [-0.25, -0.2) is 0 Å². The second-order valence-electron chi connectivity index (χ2n) is 3.64. The van der Waals surface area contributed by atoms with E-state index in [2.05, 4.69) is 0 Å². The fourth-order valence-corrected chi connectivity index (χ4v) is 1.37. The Balaban J connectivity index is 2.57. The third-order valence-electron chi connectivity index (χ3n) is 2.26. The molecule has 1 aromatic carbocycles. The van der Waals surface area contributed by atoms with Crippen molar-refractivity contribution in [2.45, 2.75) is 20.3 Å². The van der Waals surface area contributed by atoms with Gasteiger partial charge in [-0.05, 0) is 31.1 Å². The van der Waals surface area contributed by atoms with Gasteiger partial charge in [-0.2, -0.15) is 0 Å². The van der Waals surface area contributed by atoms with E-state index in [0.29, 0.717) is 6.61 Å². The molecule has 0 aliphatic rings. The number of hydrogen-bond donors (Lipinski definition) is 0. The number of esters is 1. The number of ether oxygens (including phenoxy) is 1. The summed E-state index contributed by atoms with van der Waals surface area (Å²) in [5.41, 5.74) is 2.07. The maximum Gasteiger partial charge on any atom is 0.313 e. The molecule has 3 nitrogen and oxygen atoms in total. The maximum absolute atomic E-state index is 11.4. The second kappa shape index (κ2) is 6.63. The molecule has 0 aromatic heterocycles. The van der Waals surface area contributed by atoms with Gasteiger partial charge in [-0.1, -0.05) is 30.3 Å². The molecule has 1 aromatic rings. The molecule has 0 aliphatic carbocycles. The van der Waals surface area contributed by atoms with E-state index in [1.54, 1.807) is 13.0 Å². The Morgan fingerprint density at radius 1 is 1.29 bits per heavy atom. The summed E-state index contributed by atoms with van der Waals surface area (Å²) in [5.74, 6) is -0.723. The molecule has 0 heterocycles. The molecule has 17 heavy (non-hydrogen) atoms. The van der Waals surface area contributed by atoms with Crippen LogP contribution in [-0.4, -0.2) is 18.4 Å². The summed E-state index contributed by atoms with van der Waals surface area (Å²) in [7, 11) is 0. The van der Waals surface area contributed by atoms with Gasteiger partial charge in [-0.15, -0.1) is 0 Å². The lowest BCUT2D eigenvalue weighted by molar-refractivity contribution is -0.144. The predicted octanol–water partition coefficient (Wildman–Crippen LogP) is 2.53. The number of hydrogen-bond acceptors (Lipinski definition) is 3. The normalized spacial score (nSPS) is 10.5. The van der Waals surface area contributed by atoms with E-state index in [1.165, 1.54) is 6.08 Å². The van der Waals surface area contributed by atoms with Crippen LogP contribution in [0.1, 0.15) is 24.5 Å². The Hall–Kier alpha value is -1.90. The van der Waals surface area contributed by atoms with Crippen LogP contribution in [0.3, 0.4) is 0 Å². The molecule has 0 N–H and O–H groups in total. The van der Waals surface area contributed by atoms with Crippen LogP contribution in [0.5, 0.6) is 0 Å². The quantitative estimate of drug-likeness (QED) is 0.445. The third-order valence-corrected chi connectivity index (χ3v) is 2.26. The number of ketones is 1. The van der Waals surface area contributed by atoms with Crippen molar-refractivity contribution in [2.24, 2.45) is 0 Å². The topological polar surface area (TPSA) is 43.4 Å². The SMILES string of the molecule is CCOC(=O)CC(=O)C=Cc1ccccc1C. The number of benzene rings is 1. The molecule has 0 atom stereocenters. The van der Waals surface area contributed by atoms with Crippen LogP contribution < -0.4 is 0 Å². The largest absolute Gasteiger partial charge is 0.466 e. The highest BCUT2D eigenvalue weighted by molar-refractivity contribution is 6.04. The van der Waals surface area contributed by atoms with Crippen molar-refractivity contribution in [1.82, 2.24) is 0 Å². The zero-order chi connectivity index (χ0) is 12.7. The Morgan fingerprint density at radius 3 is 2.65 bits per heavy atom. The van der Waals surface area contributed by atoms with Crippen LogP contribution in [0, 0.1) is 6.92 Å². The Labute approximate surface area is 101 Å². The van der Waals surface area contributed by atoms with Gasteiger partial charge in [0.15, 0.2) is 5.78 Å². The van der Waals surface area contributed by atoms with Gasteiger partial charge in [0.1, 0.15) is 6.42 Å². The average Bonchev–Trinajstić information content (AvgIpc) is 2.28. The van der Waals surface area contributed by atoms with Crippen LogP contribution >= 0.6 is 0 Å². The van der Waals surface area contributed by atoms with Crippen molar-refractivity contribution in [3.8, 4) is 0 Å². The molecule has 0 unspecified atom stereocenters. The molecule has 0 saturated carbocycles. The van der Waals surface area contributed by atoms with Crippen molar-refractivity contribution in [1.29, 1.82) is 0 Å². The first-order chi connectivity index (χ1) is 8.13. The fraction of sp³-hybridized carbons (Fsp3) is 0.286. The smallest absolute Gasteiger partial charge is 0.313 e. The van der Waals surface area contributed by atoms with E-state index in [1.807, 2.05) is 31.2 Å². The first kappa shape index (κ1) is 13.2. The molecule has 0 aliphatic heterocycles. The van der Waals surface area contributed by atoms with Gasteiger partial charge in [0.2, 0.25) is 0 Å².